The molecule has 0 heterocycles. The van der Waals surface area contributed by atoms with Crippen LogP contribution in [-0.2, 0) is 0 Å². The summed E-state index contributed by atoms with van der Waals surface area (Å²) in [4.78, 5) is 0. The molecule has 0 saturated heterocycles. The van der Waals surface area contributed by atoms with Gasteiger partial charge >= 0.3 is 0 Å². The van der Waals surface area contributed by atoms with Gasteiger partial charge in [0, 0.05) is 0 Å². The zero-order valence-corrected chi connectivity index (χ0v) is 16.9. The first kappa shape index (κ1) is 23.5. The molecule has 0 aliphatic heterocycles. The number of hydrogen-bond donors (Lipinski definition) is 1. The zero-order valence-electron chi connectivity index (χ0n) is 16.9. The van der Waals surface area contributed by atoms with Gasteiger partial charge in [-0.3, -0.25) is 0 Å². The summed E-state index contributed by atoms with van der Waals surface area (Å²) < 4.78 is 0. The van der Waals surface area contributed by atoms with Crippen molar-refractivity contribution in [1.82, 2.24) is 5.32 Å². The summed E-state index contributed by atoms with van der Waals surface area (Å²) in [6.45, 7) is 6.47. The van der Waals surface area contributed by atoms with Crippen molar-refractivity contribution in [3.05, 3.63) is 0 Å². The molecule has 24 heavy (non-hydrogen) atoms. The van der Waals surface area contributed by atoms with Crippen LogP contribution in [0.15, 0.2) is 0 Å². The second-order valence-corrected chi connectivity index (χ2v) is 7.87. The molecule has 142 valence electrons. The number of unbranched alkanes of at least 4 members (excludes halogenated alkanes) is 14. The minimum atomic E-state index is 0.720. The smallest absolute Gasteiger partial charge is 0.0573 e. The first-order valence-corrected chi connectivity index (χ1v) is 10.9. The Kier molecular flexibility index (Phi) is 20.2. The molecule has 0 unspecified atom stereocenters. The Labute approximate surface area is 153 Å². The van der Waals surface area contributed by atoms with Crippen molar-refractivity contribution >= 4 is 0 Å². The van der Waals surface area contributed by atoms with E-state index >= 15 is 0 Å². The van der Waals surface area contributed by atoms with E-state index in [0.717, 1.165) is 19.0 Å². The van der Waals surface area contributed by atoms with Gasteiger partial charge in [0.1, 0.15) is 0 Å². The van der Waals surface area contributed by atoms with Gasteiger partial charge in [0.2, 0.25) is 0 Å². The van der Waals surface area contributed by atoms with E-state index in [1.807, 2.05) is 0 Å². The Morgan fingerprint density at radius 3 is 1.38 bits per heavy atom. The van der Waals surface area contributed by atoms with Crippen LogP contribution in [0, 0.1) is 18.3 Å². The van der Waals surface area contributed by atoms with Crippen LogP contribution in [0.25, 0.3) is 0 Å². The van der Waals surface area contributed by atoms with Crippen molar-refractivity contribution in [2.75, 3.05) is 13.1 Å². The quantitative estimate of drug-likeness (QED) is 0.196. The summed E-state index contributed by atoms with van der Waals surface area (Å²) in [5.74, 6) is 3.50. The fourth-order valence-electron chi connectivity index (χ4n) is 3.26. The molecule has 0 bridgehead atoms. The molecule has 0 amide bonds. The maximum Gasteiger partial charge on any atom is 0.0573 e. The standard InChI is InChI=1S/C23H45N/c1-4-21-24-22-19-17-15-13-11-9-7-5-6-8-10-12-14-16-18-20-23(2)3/h1,23-24H,5-22H2,2-3H3. The first-order chi connectivity index (χ1) is 11.8. The predicted molar refractivity (Wildman–Crippen MR) is 110 cm³/mol. The van der Waals surface area contributed by atoms with Crippen molar-refractivity contribution in [2.45, 2.75) is 117 Å². The minimum Gasteiger partial charge on any atom is -0.306 e. The second-order valence-electron chi connectivity index (χ2n) is 7.87. The van der Waals surface area contributed by atoms with Gasteiger partial charge in [-0.25, -0.2) is 0 Å². The highest BCUT2D eigenvalue weighted by Crippen LogP contribution is 2.14. The van der Waals surface area contributed by atoms with Crippen LogP contribution in [0.3, 0.4) is 0 Å². The largest absolute Gasteiger partial charge is 0.306 e. The molecule has 0 radical (unpaired) electrons. The monoisotopic (exact) mass is 335 g/mol. The van der Waals surface area contributed by atoms with E-state index in [4.69, 9.17) is 6.42 Å². The molecule has 0 atom stereocenters. The maximum atomic E-state index is 5.20. The molecule has 0 aromatic heterocycles. The predicted octanol–water partition coefficient (Wildman–Crippen LogP) is 7.11. The molecule has 1 nitrogen and oxygen atoms in total. The number of nitrogens with one attached hydrogen (secondary N) is 1. The average molecular weight is 336 g/mol. The summed E-state index contributed by atoms with van der Waals surface area (Å²) in [7, 11) is 0. The average Bonchev–Trinajstić information content (AvgIpc) is 2.56. The molecule has 0 aromatic rings. The van der Waals surface area contributed by atoms with E-state index in [1.165, 1.54) is 103 Å². The fourth-order valence-corrected chi connectivity index (χ4v) is 3.26. The van der Waals surface area contributed by atoms with Gasteiger partial charge in [-0.1, -0.05) is 116 Å². The van der Waals surface area contributed by atoms with Gasteiger partial charge in [0.05, 0.1) is 6.54 Å². The zero-order chi connectivity index (χ0) is 17.7. The lowest BCUT2D eigenvalue weighted by Gasteiger charge is -2.05. The lowest BCUT2D eigenvalue weighted by atomic mass is 10.0. The van der Waals surface area contributed by atoms with Crippen LogP contribution in [0.1, 0.15) is 117 Å². The highest BCUT2D eigenvalue weighted by Gasteiger charge is 1.96. The third kappa shape index (κ3) is 21.5. The van der Waals surface area contributed by atoms with E-state index < -0.39 is 0 Å². The van der Waals surface area contributed by atoms with E-state index in [2.05, 4.69) is 25.1 Å². The van der Waals surface area contributed by atoms with E-state index in [1.54, 1.807) is 0 Å². The number of rotatable bonds is 19. The molecular weight excluding hydrogens is 290 g/mol. The number of terminal acetylenes is 1. The summed E-state index contributed by atoms with van der Waals surface area (Å²) in [5.41, 5.74) is 0. The van der Waals surface area contributed by atoms with Crippen LogP contribution < -0.4 is 5.32 Å². The van der Waals surface area contributed by atoms with Crippen molar-refractivity contribution in [3.63, 3.8) is 0 Å². The molecule has 0 rings (SSSR count). The Morgan fingerprint density at radius 2 is 1.00 bits per heavy atom. The Hall–Kier alpha value is -0.480. The topological polar surface area (TPSA) is 12.0 Å². The van der Waals surface area contributed by atoms with E-state index in [-0.39, 0.29) is 0 Å². The van der Waals surface area contributed by atoms with Gasteiger partial charge < -0.3 is 5.32 Å². The van der Waals surface area contributed by atoms with Crippen LogP contribution in [0.4, 0.5) is 0 Å². The maximum absolute atomic E-state index is 5.20. The SMILES string of the molecule is C#CCNCCCCCCCCCCCCCCCCCC(C)C. The molecule has 0 fully saturated rings. The molecular formula is C23H45N. The fraction of sp³-hybridized carbons (Fsp3) is 0.913. The molecule has 0 saturated carbocycles. The third-order valence-electron chi connectivity index (χ3n) is 4.86. The summed E-state index contributed by atoms with van der Waals surface area (Å²) in [5, 5.41) is 3.25. The molecule has 0 aliphatic rings. The molecule has 1 heteroatoms. The lowest BCUT2D eigenvalue weighted by Crippen LogP contribution is -2.14. The van der Waals surface area contributed by atoms with Crippen LogP contribution in [0.5, 0.6) is 0 Å². The molecule has 0 aromatic carbocycles. The van der Waals surface area contributed by atoms with Crippen molar-refractivity contribution < 1.29 is 0 Å². The Morgan fingerprint density at radius 1 is 0.625 bits per heavy atom. The minimum absolute atomic E-state index is 0.720. The van der Waals surface area contributed by atoms with Gasteiger partial charge in [0.25, 0.3) is 0 Å². The van der Waals surface area contributed by atoms with E-state index in [9.17, 15) is 0 Å². The normalized spacial score (nSPS) is 11.1. The summed E-state index contributed by atoms with van der Waals surface area (Å²) >= 11 is 0. The first-order valence-electron chi connectivity index (χ1n) is 10.9. The molecule has 1 N–H and O–H groups in total. The van der Waals surface area contributed by atoms with Gasteiger partial charge in [-0.05, 0) is 18.9 Å². The Balaban J connectivity index is 2.97. The molecule has 0 aliphatic carbocycles. The van der Waals surface area contributed by atoms with E-state index in [0.29, 0.717) is 0 Å². The van der Waals surface area contributed by atoms with Crippen molar-refractivity contribution in [2.24, 2.45) is 5.92 Å². The second kappa shape index (κ2) is 20.6. The van der Waals surface area contributed by atoms with Crippen LogP contribution in [0.2, 0.25) is 0 Å². The van der Waals surface area contributed by atoms with Gasteiger partial charge in [-0.15, -0.1) is 6.42 Å². The Bertz CT molecular complexity index is 264. The molecule has 0 spiro atoms. The van der Waals surface area contributed by atoms with Crippen molar-refractivity contribution in [3.8, 4) is 12.3 Å². The number of hydrogen-bond acceptors (Lipinski definition) is 1. The third-order valence-corrected chi connectivity index (χ3v) is 4.86. The van der Waals surface area contributed by atoms with Crippen LogP contribution >= 0.6 is 0 Å². The highest BCUT2D eigenvalue weighted by atomic mass is 14.8. The summed E-state index contributed by atoms with van der Waals surface area (Å²) in [6.07, 6.45) is 28.1. The van der Waals surface area contributed by atoms with Gasteiger partial charge in [-0.2, -0.15) is 0 Å². The summed E-state index contributed by atoms with van der Waals surface area (Å²) in [6, 6.07) is 0. The van der Waals surface area contributed by atoms with Crippen LogP contribution in [-0.4, -0.2) is 13.1 Å². The highest BCUT2D eigenvalue weighted by molar-refractivity contribution is 4.86. The van der Waals surface area contributed by atoms with Crippen molar-refractivity contribution in [1.29, 1.82) is 0 Å². The lowest BCUT2D eigenvalue weighted by molar-refractivity contribution is 0.501. The van der Waals surface area contributed by atoms with Gasteiger partial charge in [0.15, 0.2) is 0 Å².